The van der Waals surface area contributed by atoms with E-state index in [-0.39, 0.29) is 5.88 Å². The summed E-state index contributed by atoms with van der Waals surface area (Å²) in [5, 5.41) is 9.21. The fraction of sp³-hybridized carbons (Fsp3) is 0.600. The van der Waals surface area contributed by atoms with Gasteiger partial charge in [0.15, 0.2) is 15.7 Å². The molecule has 1 aromatic rings. The molecule has 1 heterocycles. The maximum absolute atomic E-state index is 9.21. The van der Waals surface area contributed by atoms with Crippen LogP contribution in [0.25, 0.3) is 0 Å². The van der Waals surface area contributed by atoms with Crippen molar-refractivity contribution in [2.24, 2.45) is 0 Å². The molecule has 6 heteroatoms. The number of ether oxygens (including phenoxy) is 1. The van der Waals surface area contributed by atoms with Crippen molar-refractivity contribution in [3.05, 3.63) is 17.6 Å². The van der Waals surface area contributed by atoms with E-state index < -0.39 is 5.59 Å². The summed E-state index contributed by atoms with van der Waals surface area (Å²) in [5.41, 5.74) is -0.338. The van der Waals surface area contributed by atoms with Crippen molar-refractivity contribution in [2.75, 3.05) is 0 Å². The first kappa shape index (κ1) is 11.5. The summed E-state index contributed by atoms with van der Waals surface area (Å²) in [7, 11) is 10.4. The Labute approximate surface area is 97.3 Å². The van der Waals surface area contributed by atoms with Crippen LogP contribution in [0.15, 0.2) is 6.33 Å². The smallest absolute Gasteiger partial charge is 0.221 e. The van der Waals surface area contributed by atoms with Crippen LogP contribution in [-0.4, -0.2) is 36.4 Å². The minimum absolute atomic E-state index is 0.270. The highest BCUT2D eigenvalue weighted by Gasteiger charge is 2.29. The quantitative estimate of drug-likeness (QED) is 0.575. The lowest BCUT2D eigenvalue weighted by Gasteiger charge is -2.22. The predicted molar refractivity (Wildman–Crippen MR) is 60.5 cm³/mol. The van der Waals surface area contributed by atoms with E-state index in [9.17, 15) is 5.11 Å². The van der Waals surface area contributed by atoms with Crippen LogP contribution in [0.3, 0.4) is 0 Å². The molecule has 1 saturated carbocycles. The lowest BCUT2D eigenvalue weighted by molar-refractivity contribution is 0.00823. The zero-order chi connectivity index (χ0) is 11.8. The molecule has 2 rings (SSSR count). The zero-order valence-corrected chi connectivity index (χ0v) is 9.18. The van der Waals surface area contributed by atoms with Crippen molar-refractivity contribution in [1.29, 1.82) is 0 Å². The maximum atomic E-state index is 9.21. The van der Waals surface area contributed by atoms with E-state index in [4.69, 9.17) is 20.4 Å². The average Bonchev–Trinajstić information content (AvgIpc) is 2.98. The molecule has 1 aromatic heterocycles. The van der Waals surface area contributed by atoms with Crippen molar-refractivity contribution in [1.82, 2.24) is 9.97 Å². The number of rotatable bonds is 4. The number of nitrogens with zero attached hydrogens (tertiary/aromatic N) is 2. The van der Waals surface area contributed by atoms with Gasteiger partial charge in [0.25, 0.3) is 0 Å². The van der Waals surface area contributed by atoms with Gasteiger partial charge in [0, 0.05) is 11.5 Å². The highest BCUT2D eigenvalue weighted by Crippen LogP contribution is 2.42. The molecule has 0 unspecified atom stereocenters. The third kappa shape index (κ3) is 2.55. The van der Waals surface area contributed by atoms with Gasteiger partial charge in [-0.2, -0.15) is 0 Å². The Bertz CT molecular complexity index is 389. The van der Waals surface area contributed by atoms with Crippen molar-refractivity contribution in [2.45, 2.75) is 37.7 Å². The molecule has 4 nitrogen and oxygen atoms in total. The minimum atomic E-state index is -2.20. The summed E-state index contributed by atoms with van der Waals surface area (Å²) in [6.07, 6.45) is 4.41. The van der Waals surface area contributed by atoms with Gasteiger partial charge in [0.2, 0.25) is 5.88 Å². The molecule has 4 radical (unpaired) electrons. The molecule has 0 atom stereocenters. The second kappa shape index (κ2) is 4.09. The Balaban J connectivity index is 2.33. The van der Waals surface area contributed by atoms with Crippen LogP contribution >= 0.6 is 0 Å². The number of aromatic nitrogens is 2. The van der Waals surface area contributed by atoms with E-state index >= 15 is 0 Å². The fourth-order valence-electron chi connectivity index (χ4n) is 1.69. The Hall–Kier alpha value is -1.03. The van der Waals surface area contributed by atoms with E-state index in [1.54, 1.807) is 0 Å². The molecule has 1 aliphatic rings. The molecule has 1 fully saturated rings. The van der Waals surface area contributed by atoms with Gasteiger partial charge in [-0.3, -0.25) is 0 Å². The number of hydrogen-bond acceptors (Lipinski definition) is 4. The fourth-order valence-corrected chi connectivity index (χ4v) is 1.69. The standard InChI is InChI=1S/C10H12B2N2O2/c1-2-7-8(6-3-4-6)13-5-14-9(7)16-10(11,12)15/h5-6,15H,2-4H2,1H3. The Morgan fingerprint density at radius 2 is 2.19 bits per heavy atom. The average molecular weight is 214 g/mol. The second-order valence-electron chi connectivity index (χ2n) is 4.02. The monoisotopic (exact) mass is 214 g/mol. The first-order chi connectivity index (χ1) is 7.51. The highest BCUT2D eigenvalue weighted by atomic mass is 16.6. The Morgan fingerprint density at radius 1 is 1.50 bits per heavy atom. The van der Waals surface area contributed by atoms with Crippen LogP contribution in [0, 0.1) is 0 Å². The van der Waals surface area contributed by atoms with Crippen molar-refractivity contribution in [3.63, 3.8) is 0 Å². The first-order valence-corrected chi connectivity index (χ1v) is 5.34. The van der Waals surface area contributed by atoms with Gasteiger partial charge in [-0.15, -0.1) is 0 Å². The first-order valence-electron chi connectivity index (χ1n) is 5.34. The van der Waals surface area contributed by atoms with Crippen molar-refractivity contribution < 1.29 is 9.84 Å². The van der Waals surface area contributed by atoms with Gasteiger partial charge < -0.3 is 9.84 Å². The minimum Gasteiger partial charge on any atom is -0.465 e. The molecular formula is C10H12B2N2O2. The third-order valence-electron chi connectivity index (χ3n) is 2.52. The summed E-state index contributed by atoms with van der Waals surface area (Å²) in [4.78, 5) is 8.20. The molecular weight excluding hydrogens is 202 g/mol. The molecule has 0 aromatic carbocycles. The van der Waals surface area contributed by atoms with E-state index in [0.29, 0.717) is 5.92 Å². The molecule has 0 amide bonds. The SMILES string of the molecule is [B]C([B])(O)Oc1ncnc(C2CC2)c1CC. The topological polar surface area (TPSA) is 55.2 Å². The molecule has 0 bridgehead atoms. The summed E-state index contributed by atoms with van der Waals surface area (Å²) < 4.78 is 5.00. The summed E-state index contributed by atoms with van der Waals surface area (Å²) in [6.45, 7) is 1.98. The van der Waals surface area contributed by atoms with Crippen molar-refractivity contribution in [3.8, 4) is 5.88 Å². The van der Waals surface area contributed by atoms with Crippen LogP contribution in [0.1, 0.15) is 36.9 Å². The van der Waals surface area contributed by atoms with E-state index in [1.165, 1.54) is 6.33 Å². The van der Waals surface area contributed by atoms with Crippen LogP contribution in [0.5, 0.6) is 5.88 Å². The maximum Gasteiger partial charge on any atom is 0.221 e. The summed E-state index contributed by atoms with van der Waals surface area (Å²) in [6, 6.07) is 0. The van der Waals surface area contributed by atoms with Crippen LogP contribution in [-0.2, 0) is 6.42 Å². The third-order valence-corrected chi connectivity index (χ3v) is 2.52. The second-order valence-corrected chi connectivity index (χ2v) is 4.02. The zero-order valence-electron chi connectivity index (χ0n) is 9.18. The molecule has 80 valence electrons. The van der Waals surface area contributed by atoms with Crippen LogP contribution in [0.4, 0.5) is 0 Å². The largest absolute Gasteiger partial charge is 0.465 e. The van der Waals surface area contributed by atoms with Crippen molar-refractivity contribution >= 4 is 15.7 Å². The predicted octanol–water partition coefficient (Wildman–Crippen LogP) is 0.236. The normalized spacial score (nSPS) is 16.1. The highest BCUT2D eigenvalue weighted by molar-refractivity contribution is 6.37. The van der Waals surface area contributed by atoms with E-state index in [0.717, 1.165) is 30.5 Å². The summed E-state index contributed by atoms with van der Waals surface area (Å²) in [5.74, 6) is 0.760. The number of hydrogen-bond donors (Lipinski definition) is 1. The molecule has 0 saturated heterocycles. The molecule has 1 aliphatic carbocycles. The summed E-state index contributed by atoms with van der Waals surface area (Å²) >= 11 is 0. The van der Waals surface area contributed by atoms with E-state index in [1.807, 2.05) is 6.92 Å². The molecule has 1 N–H and O–H groups in total. The van der Waals surface area contributed by atoms with Gasteiger partial charge in [-0.05, 0) is 19.3 Å². The molecule has 16 heavy (non-hydrogen) atoms. The van der Waals surface area contributed by atoms with Gasteiger partial charge in [0.05, 0.1) is 5.69 Å². The van der Waals surface area contributed by atoms with Crippen LogP contribution < -0.4 is 4.74 Å². The van der Waals surface area contributed by atoms with Gasteiger partial charge in [0.1, 0.15) is 11.9 Å². The molecule has 0 aliphatic heterocycles. The lowest BCUT2D eigenvalue weighted by Crippen LogP contribution is -2.37. The van der Waals surface area contributed by atoms with Gasteiger partial charge in [-0.1, -0.05) is 6.92 Å². The molecule has 0 spiro atoms. The van der Waals surface area contributed by atoms with Gasteiger partial charge >= 0.3 is 0 Å². The number of aliphatic hydroxyl groups is 1. The Morgan fingerprint density at radius 3 is 2.69 bits per heavy atom. The Kier molecular flexibility index (Phi) is 2.93. The van der Waals surface area contributed by atoms with Crippen LogP contribution in [0.2, 0.25) is 0 Å². The van der Waals surface area contributed by atoms with Gasteiger partial charge in [-0.25, -0.2) is 9.97 Å². The van der Waals surface area contributed by atoms with E-state index in [2.05, 4.69) is 9.97 Å². The lowest BCUT2D eigenvalue weighted by atomic mass is 9.76.